The number of fused-ring (bicyclic) bond motifs is 1. The van der Waals surface area contributed by atoms with E-state index in [9.17, 15) is 9.59 Å². The molecule has 4 rings (SSSR count). The fraction of sp³-hybridized carbons (Fsp3) is 0.368. The van der Waals surface area contributed by atoms with Crippen LogP contribution in [0.5, 0.6) is 0 Å². The van der Waals surface area contributed by atoms with Crippen LogP contribution >= 0.6 is 11.3 Å². The number of carbonyl (C=O) groups is 2. The van der Waals surface area contributed by atoms with E-state index in [1.165, 1.54) is 0 Å². The Labute approximate surface area is 166 Å². The molecule has 0 bridgehead atoms. The third-order valence-corrected chi connectivity index (χ3v) is 5.79. The van der Waals surface area contributed by atoms with Crippen LogP contribution in [-0.2, 0) is 11.3 Å². The summed E-state index contributed by atoms with van der Waals surface area (Å²) in [6.45, 7) is 2.22. The molecule has 3 aromatic rings. The minimum atomic E-state index is -0.455. The zero-order chi connectivity index (χ0) is 19.3. The molecular weight excluding hydrogens is 376 g/mol. The molecule has 1 saturated heterocycles. The van der Waals surface area contributed by atoms with E-state index in [4.69, 9.17) is 0 Å². The van der Waals surface area contributed by atoms with E-state index in [0.717, 1.165) is 42.3 Å². The van der Waals surface area contributed by atoms with Crippen LogP contribution < -0.4 is 10.6 Å². The Morgan fingerprint density at radius 2 is 2.00 bits per heavy atom. The summed E-state index contributed by atoms with van der Waals surface area (Å²) in [6.07, 6.45) is 3.81. The van der Waals surface area contributed by atoms with Gasteiger partial charge in [-0.25, -0.2) is 4.79 Å². The summed E-state index contributed by atoms with van der Waals surface area (Å²) < 4.78 is 2.03. The van der Waals surface area contributed by atoms with Gasteiger partial charge in [-0.15, -0.1) is 21.5 Å². The van der Waals surface area contributed by atoms with Gasteiger partial charge in [-0.1, -0.05) is 12.1 Å². The van der Waals surface area contributed by atoms with Gasteiger partial charge in [-0.05, 0) is 49.5 Å². The number of aromatic nitrogens is 3. The Bertz CT molecular complexity index is 946. The van der Waals surface area contributed by atoms with Crippen molar-refractivity contribution in [3.8, 4) is 0 Å². The van der Waals surface area contributed by atoms with Gasteiger partial charge >= 0.3 is 6.03 Å². The Balaban J connectivity index is 1.23. The summed E-state index contributed by atoms with van der Waals surface area (Å²) in [5.74, 6) is 1.02. The predicted molar refractivity (Wildman–Crippen MR) is 106 cm³/mol. The van der Waals surface area contributed by atoms with E-state index in [2.05, 4.69) is 25.7 Å². The summed E-state index contributed by atoms with van der Waals surface area (Å²) in [5, 5.41) is 15.6. The second kappa shape index (κ2) is 8.49. The molecule has 0 atom stereocenters. The van der Waals surface area contributed by atoms with Crippen molar-refractivity contribution in [2.45, 2.75) is 25.3 Å². The van der Waals surface area contributed by atoms with E-state index < -0.39 is 6.03 Å². The molecule has 0 radical (unpaired) electrons. The standard InChI is InChI=1S/C19H22N6O2S/c26-17(21-19(27)20-12-15-4-3-11-28-15)13-24-9-6-14(7-10-24)18-23-22-16-5-1-2-8-25(16)18/h1-5,8,11,14H,6-7,9-10,12-13H2,(H2,20,21,26,27). The van der Waals surface area contributed by atoms with E-state index in [0.29, 0.717) is 12.5 Å². The van der Waals surface area contributed by atoms with Gasteiger partial charge in [0.1, 0.15) is 5.82 Å². The van der Waals surface area contributed by atoms with Crippen LogP contribution in [0.4, 0.5) is 4.79 Å². The van der Waals surface area contributed by atoms with Gasteiger partial charge in [0.15, 0.2) is 5.65 Å². The first-order chi connectivity index (χ1) is 13.7. The monoisotopic (exact) mass is 398 g/mol. The zero-order valence-corrected chi connectivity index (χ0v) is 16.2. The van der Waals surface area contributed by atoms with Crippen LogP contribution in [0.15, 0.2) is 41.9 Å². The van der Waals surface area contributed by atoms with E-state index in [1.807, 2.05) is 46.3 Å². The molecule has 1 aliphatic heterocycles. The lowest BCUT2D eigenvalue weighted by molar-refractivity contribution is -0.121. The number of imide groups is 1. The lowest BCUT2D eigenvalue weighted by Crippen LogP contribution is -2.46. The molecule has 0 unspecified atom stereocenters. The number of piperidine rings is 1. The van der Waals surface area contributed by atoms with Crippen LogP contribution in [0, 0.1) is 0 Å². The second-order valence-corrected chi connectivity index (χ2v) is 7.88. The highest BCUT2D eigenvalue weighted by molar-refractivity contribution is 7.09. The quantitative estimate of drug-likeness (QED) is 0.686. The number of carbonyl (C=O) groups excluding carboxylic acids is 2. The molecule has 0 aliphatic carbocycles. The van der Waals surface area contributed by atoms with Gasteiger partial charge < -0.3 is 5.32 Å². The lowest BCUT2D eigenvalue weighted by Gasteiger charge is -2.30. The van der Waals surface area contributed by atoms with Gasteiger partial charge in [-0.2, -0.15) is 0 Å². The van der Waals surface area contributed by atoms with Gasteiger partial charge in [0.2, 0.25) is 5.91 Å². The molecular formula is C19H22N6O2S. The van der Waals surface area contributed by atoms with Crippen LogP contribution in [-0.4, -0.2) is 51.1 Å². The number of rotatable bonds is 5. The number of hydrogen-bond acceptors (Lipinski definition) is 6. The molecule has 28 heavy (non-hydrogen) atoms. The molecule has 8 nitrogen and oxygen atoms in total. The summed E-state index contributed by atoms with van der Waals surface area (Å²) >= 11 is 1.56. The summed E-state index contributed by atoms with van der Waals surface area (Å²) in [7, 11) is 0. The van der Waals surface area contributed by atoms with Crippen molar-refractivity contribution in [1.82, 2.24) is 30.1 Å². The largest absolute Gasteiger partial charge is 0.333 e. The van der Waals surface area contributed by atoms with Crippen molar-refractivity contribution in [3.63, 3.8) is 0 Å². The Kier molecular flexibility index (Phi) is 5.63. The molecule has 0 spiro atoms. The SMILES string of the molecule is O=C(CN1CCC(c2nnc3ccccn23)CC1)NC(=O)NCc1cccs1. The molecule has 146 valence electrons. The maximum Gasteiger partial charge on any atom is 0.321 e. The van der Waals surface area contributed by atoms with Crippen LogP contribution in [0.3, 0.4) is 0 Å². The van der Waals surface area contributed by atoms with Gasteiger partial charge in [0.25, 0.3) is 0 Å². The zero-order valence-electron chi connectivity index (χ0n) is 15.4. The molecule has 0 aromatic carbocycles. The first-order valence-corrected chi connectivity index (χ1v) is 10.2. The number of hydrogen-bond donors (Lipinski definition) is 2. The highest BCUT2D eigenvalue weighted by Crippen LogP contribution is 2.26. The molecule has 1 fully saturated rings. The fourth-order valence-electron chi connectivity index (χ4n) is 3.48. The maximum atomic E-state index is 12.1. The molecule has 3 aromatic heterocycles. The van der Waals surface area contributed by atoms with E-state index in [1.54, 1.807) is 11.3 Å². The number of thiophene rings is 1. The number of likely N-dealkylation sites (tertiary alicyclic amines) is 1. The third-order valence-electron chi connectivity index (χ3n) is 4.92. The average molecular weight is 398 g/mol. The first-order valence-electron chi connectivity index (χ1n) is 9.31. The molecule has 1 aliphatic rings. The highest BCUT2D eigenvalue weighted by atomic mass is 32.1. The molecule has 4 heterocycles. The summed E-state index contributed by atoms with van der Waals surface area (Å²) in [5.41, 5.74) is 0.855. The van der Waals surface area contributed by atoms with Gasteiger partial charge in [-0.3, -0.25) is 19.4 Å². The second-order valence-electron chi connectivity index (χ2n) is 6.85. The summed E-state index contributed by atoms with van der Waals surface area (Å²) in [6, 6.07) is 9.28. The topological polar surface area (TPSA) is 91.6 Å². The van der Waals surface area contributed by atoms with Crippen molar-refractivity contribution in [3.05, 3.63) is 52.6 Å². The van der Waals surface area contributed by atoms with Crippen molar-refractivity contribution >= 4 is 28.9 Å². The number of nitrogens with zero attached hydrogens (tertiary/aromatic N) is 4. The van der Waals surface area contributed by atoms with Crippen LogP contribution in [0.1, 0.15) is 29.5 Å². The smallest absolute Gasteiger partial charge is 0.321 e. The number of urea groups is 1. The first kappa shape index (κ1) is 18.6. The minimum absolute atomic E-state index is 0.222. The van der Waals surface area contributed by atoms with Crippen LogP contribution in [0.2, 0.25) is 0 Å². The minimum Gasteiger partial charge on any atom is -0.333 e. The normalized spacial score (nSPS) is 15.6. The van der Waals surface area contributed by atoms with E-state index >= 15 is 0 Å². The Hall–Kier alpha value is -2.78. The van der Waals surface area contributed by atoms with Crippen molar-refractivity contribution < 1.29 is 9.59 Å². The molecule has 2 N–H and O–H groups in total. The van der Waals surface area contributed by atoms with Crippen molar-refractivity contribution in [2.24, 2.45) is 0 Å². The third kappa shape index (κ3) is 4.37. The average Bonchev–Trinajstić information content (AvgIpc) is 3.37. The van der Waals surface area contributed by atoms with Crippen molar-refractivity contribution in [1.29, 1.82) is 0 Å². The lowest BCUT2D eigenvalue weighted by atomic mass is 9.96. The Morgan fingerprint density at radius 3 is 2.79 bits per heavy atom. The van der Waals surface area contributed by atoms with E-state index in [-0.39, 0.29) is 12.5 Å². The summed E-state index contributed by atoms with van der Waals surface area (Å²) in [4.78, 5) is 27.1. The Morgan fingerprint density at radius 1 is 1.14 bits per heavy atom. The predicted octanol–water partition coefficient (Wildman–Crippen LogP) is 2.00. The van der Waals surface area contributed by atoms with Gasteiger partial charge in [0.05, 0.1) is 13.1 Å². The number of nitrogens with one attached hydrogen (secondary N) is 2. The van der Waals surface area contributed by atoms with Crippen molar-refractivity contribution in [2.75, 3.05) is 19.6 Å². The fourth-order valence-corrected chi connectivity index (χ4v) is 4.13. The molecule has 9 heteroatoms. The number of pyridine rings is 1. The number of amides is 3. The molecule has 0 saturated carbocycles. The van der Waals surface area contributed by atoms with Crippen LogP contribution in [0.25, 0.3) is 5.65 Å². The highest BCUT2D eigenvalue weighted by Gasteiger charge is 2.25. The van der Waals surface area contributed by atoms with Gasteiger partial charge in [0, 0.05) is 17.0 Å². The maximum absolute atomic E-state index is 12.1. The molecule has 3 amide bonds.